The molecule has 1 N–H and O–H groups in total. The van der Waals surface area contributed by atoms with E-state index in [1.165, 1.54) is 0 Å². The SMILES string of the molecule is CCC(Br)C(=O)N1CCC(NS(=O)(=O)CC)CC1. The van der Waals surface area contributed by atoms with Gasteiger partial charge in [-0.2, -0.15) is 0 Å². The third-order valence-corrected chi connectivity index (χ3v) is 5.65. The van der Waals surface area contributed by atoms with Gasteiger partial charge >= 0.3 is 0 Å². The molecule has 0 spiro atoms. The molecule has 1 atom stereocenters. The molecule has 7 heteroatoms. The molecule has 0 aromatic heterocycles. The molecule has 1 saturated heterocycles. The highest BCUT2D eigenvalue weighted by Gasteiger charge is 2.27. The van der Waals surface area contributed by atoms with Crippen LogP contribution in [0.15, 0.2) is 0 Å². The Balaban J connectivity index is 2.44. The van der Waals surface area contributed by atoms with Gasteiger partial charge in [-0.25, -0.2) is 13.1 Å². The number of halogens is 1. The highest BCUT2D eigenvalue weighted by atomic mass is 79.9. The van der Waals surface area contributed by atoms with E-state index in [0.29, 0.717) is 25.9 Å². The lowest BCUT2D eigenvalue weighted by atomic mass is 10.1. The minimum absolute atomic E-state index is 0.0330. The van der Waals surface area contributed by atoms with Gasteiger partial charge in [-0.1, -0.05) is 22.9 Å². The summed E-state index contributed by atoms with van der Waals surface area (Å²) in [6, 6.07) is -0.0330. The molecule has 0 aromatic rings. The lowest BCUT2D eigenvalue weighted by molar-refractivity contribution is -0.131. The van der Waals surface area contributed by atoms with Gasteiger partial charge < -0.3 is 4.90 Å². The van der Waals surface area contributed by atoms with Gasteiger partial charge in [0.25, 0.3) is 0 Å². The molecular weight excluding hydrogens is 320 g/mol. The highest BCUT2D eigenvalue weighted by Crippen LogP contribution is 2.16. The minimum Gasteiger partial charge on any atom is -0.342 e. The fourth-order valence-electron chi connectivity index (χ4n) is 1.93. The maximum Gasteiger partial charge on any atom is 0.236 e. The van der Waals surface area contributed by atoms with Crippen molar-refractivity contribution >= 4 is 31.9 Å². The molecule has 5 nitrogen and oxygen atoms in total. The monoisotopic (exact) mass is 340 g/mol. The topological polar surface area (TPSA) is 66.5 Å². The van der Waals surface area contributed by atoms with Crippen LogP contribution in [0.5, 0.6) is 0 Å². The molecule has 106 valence electrons. The van der Waals surface area contributed by atoms with Crippen molar-refractivity contribution in [1.29, 1.82) is 0 Å². The number of carbonyl (C=O) groups excluding carboxylic acids is 1. The van der Waals surface area contributed by atoms with Gasteiger partial charge in [0, 0.05) is 19.1 Å². The van der Waals surface area contributed by atoms with Crippen molar-refractivity contribution in [3.63, 3.8) is 0 Å². The molecule has 0 aliphatic carbocycles. The fraction of sp³-hybridized carbons (Fsp3) is 0.909. The van der Waals surface area contributed by atoms with Crippen molar-refractivity contribution in [2.45, 2.75) is 44.0 Å². The molecule has 1 amide bonds. The van der Waals surface area contributed by atoms with Crippen molar-refractivity contribution < 1.29 is 13.2 Å². The smallest absolute Gasteiger partial charge is 0.236 e. The zero-order chi connectivity index (χ0) is 13.8. The van der Waals surface area contributed by atoms with Crippen LogP contribution in [-0.2, 0) is 14.8 Å². The zero-order valence-corrected chi connectivity index (χ0v) is 13.3. The Morgan fingerprint density at radius 2 is 1.94 bits per heavy atom. The van der Waals surface area contributed by atoms with E-state index in [0.717, 1.165) is 6.42 Å². The lowest BCUT2D eigenvalue weighted by Crippen LogP contribution is -2.48. The van der Waals surface area contributed by atoms with Gasteiger partial charge in [0.15, 0.2) is 0 Å². The molecule has 18 heavy (non-hydrogen) atoms. The average Bonchev–Trinajstić information content (AvgIpc) is 2.37. The van der Waals surface area contributed by atoms with Crippen molar-refractivity contribution in [3.05, 3.63) is 0 Å². The van der Waals surface area contributed by atoms with Gasteiger partial charge in [0.1, 0.15) is 0 Å². The van der Waals surface area contributed by atoms with E-state index < -0.39 is 10.0 Å². The standard InChI is InChI=1S/C11H21BrN2O3S/c1-3-10(12)11(15)14-7-5-9(6-8-14)13-18(16,17)4-2/h9-10,13H,3-8H2,1-2H3. The number of amides is 1. The molecule has 1 aliphatic heterocycles. The van der Waals surface area contributed by atoms with E-state index in [9.17, 15) is 13.2 Å². The fourth-order valence-corrected chi connectivity index (χ4v) is 3.13. The summed E-state index contributed by atoms with van der Waals surface area (Å²) < 4.78 is 25.5. The second kappa shape index (κ2) is 6.86. The Labute approximate surface area is 117 Å². The normalized spacial score (nSPS) is 19.8. The van der Waals surface area contributed by atoms with Gasteiger partial charge in [0.2, 0.25) is 15.9 Å². The number of nitrogens with zero attached hydrogens (tertiary/aromatic N) is 1. The van der Waals surface area contributed by atoms with Crippen LogP contribution in [0.4, 0.5) is 0 Å². The van der Waals surface area contributed by atoms with E-state index in [-0.39, 0.29) is 22.5 Å². The molecule has 0 radical (unpaired) electrons. The molecule has 1 unspecified atom stereocenters. The Morgan fingerprint density at radius 1 is 1.39 bits per heavy atom. The van der Waals surface area contributed by atoms with Crippen LogP contribution in [0.2, 0.25) is 0 Å². The van der Waals surface area contributed by atoms with Gasteiger partial charge in [-0.05, 0) is 26.2 Å². The lowest BCUT2D eigenvalue weighted by Gasteiger charge is -2.33. The van der Waals surface area contributed by atoms with E-state index >= 15 is 0 Å². The van der Waals surface area contributed by atoms with E-state index in [1.807, 2.05) is 6.92 Å². The molecule has 0 bridgehead atoms. The Morgan fingerprint density at radius 3 is 2.39 bits per heavy atom. The zero-order valence-electron chi connectivity index (χ0n) is 10.9. The summed E-state index contributed by atoms with van der Waals surface area (Å²) in [4.78, 5) is 13.6. The number of hydrogen-bond donors (Lipinski definition) is 1. The molecule has 1 heterocycles. The second-order valence-electron chi connectivity index (χ2n) is 4.50. The maximum atomic E-state index is 11.9. The van der Waals surface area contributed by atoms with Crippen LogP contribution >= 0.6 is 15.9 Å². The first-order valence-electron chi connectivity index (χ1n) is 6.32. The van der Waals surface area contributed by atoms with Crippen molar-refractivity contribution in [1.82, 2.24) is 9.62 Å². The quantitative estimate of drug-likeness (QED) is 0.762. The molecule has 1 aliphatic rings. The molecular formula is C11H21BrN2O3S. The summed E-state index contributed by atoms with van der Waals surface area (Å²) in [5.74, 6) is 0.208. The summed E-state index contributed by atoms with van der Waals surface area (Å²) in [5.41, 5.74) is 0. The third-order valence-electron chi connectivity index (χ3n) is 3.16. The Hall–Kier alpha value is -0.140. The number of likely N-dealkylation sites (tertiary alicyclic amines) is 1. The van der Waals surface area contributed by atoms with E-state index in [4.69, 9.17) is 0 Å². The van der Waals surface area contributed by atoms with Crippen LogP contribution in [0.25, 0.3) is 0 Å². The van der Waals surface area contributed by atoms with Crippen molar-refractivity contribution in [2.75, 3.05) is 18.8 Å². The molecule has 1 rings (SSSR count). The molecule has 0 saturated carbocycles. The van der Waals surface area contributed by atoms with Crippen LogP contribution in [0, 0.1) is 0 Å². The van der Waals surface area contributed by atoms with Gasteiger partial charge in [-0.3, -0.25) is 4.79 Å². The number of hydrogen-bond acceptors (Lipinski definition) is 3. The number of carbonyl (C=O) groups is 1. The van der Waals surface area contributed by atoms with Crippen molar-refractivity contribution in [3.8, 4) is 0 Å². The first-order chi connectivity index (χ1) is 8.39. The number of nitrogens with one attached hydrogen (secondary N) is 1. The third kappa shape index (κ3) is 4.51. The van der Waals surface area contributed by atoms with E-state index in [1.54, 1.807) is 11.8 Å². The maximum absolute atomic E-state index is 11.9. The number of alkyl halides is 1. The highest BCUT2D eigenvalue weighted by molar-refractivity contribution is 9.10. The van der Waals surface area contributed by atoms with Crippen molar-refractivity contribution in [2.24, 2.45) is 0 Å². The molecule has 1 fully saturated rings. The summed E-state index contributed by atoms with van der Waals surface area (Å²) >= 11 is 3.35. The number of rotatable bonds is 5. The summed E-state index contributed by atoms with van der Waals surface area (Å²) in [6.07, 6.45) is 2.14. The van der Waals surface area contributed by atoms with Crippen LogP contribution in [0.3, 0.4) is 0 Å². The van der Waals surface area contributed by atoms with Gasteiger partial charge in [-0.15, -0.1) is 0 Å². The number of piperidine rings is 1. The second-order valence-corrected chi connectivity index (χ2v) is 7.64. The summed E-state index contributed by atoms with van der Waals surface area (Å²) in [5, 5.41) is 0. The summed E-state index contributed by atoms with van der Waals surface area (Å²) in [7, 11) is -3.14. The van der Waals surface area contributed by atoms with Gasteiger partial charge in [0.05, 0.1) is 10.6 Å². The first-order valence-corrected chi connectivity index (χ1v) is 8.89. The summed E-state index contributed by atoms with van der Waals surface area (Å²) in [6.45, 7) is 4.83. The first kappa shape index (κ1) is 15.9. The van der Waals surface area contributed by atoms with Crippen LogP contribution in [-0.4, -0.2) is 48.9 Å². The van der Waals surface area contributed by atoms with Crippen LogP contribution in [0.1, 0.15) is 33.1 Å². The largest absolute Gasteiger partial charge is 0.342 e. The predicted molar refractivity (Wildman–Crippen MR) is 75.2 cm³/mol. The predicted octanol–water partition coefficient (Wildman–Crippen LogP) is 1.09. The minimum atomic E-state index is -3.14. The Bertz CT molecular complexity index is 378. The Kier molecular flexibility index (Phi) is 6.07. The van der Waals surface area contributed by atoms with E-state index in [2.05, 4.69) is 20.7 Å². The average molecular weight is 341 g/mol. The number of sulfonamides is 1. The molecule has 0 aromatic carbocycles. The van der Waals surface area contributed by atoms with Crippen LogP contribution < -0.4 is 4.72 Å².